The van der Waals surface area contributed by atoms with Gasteiger partial charge >= 0.3 is 0 Å². The van der Waals surface area contributed by atoms with E-state index < -0.39 is 17.9 Å². The number of carbonyl (C=O) groups is 2. The fraction of sp³-hybridized carbons (Fsp3) is 0.250. The Labute approximate surface area is 138 Å². The first kappa shape index (κ1) is 16.9. The highest BCUT2D eigenvalue weighted by molar-refractivity contribution is 6.30. The predicted octanol–water partition coefficient (Wildman–Crippen LogP) is 2.78. The van der Waals surface area contributed by atoms with E-state index in [9.17, 15) is 9.59 Å². The Balaban J connectivity index is 1.94. The molecule has 122 valence electrons. The van der Waals surface area contributed by atoms with Crippen LogP contribution in [0.1, 0.15) is 28.4 Å². The molecule has 0 spiro atoms. The van der Waals surface area contributed by atoms with Crippen molar-refractivity contribution < 1.29 is 18.7 Å². The van der Waals surface area contributed by atoms with Gasteiger partial charge in [-0.1, -0.05) is 11.6 Å². The Morgan fingerprint density at radius 3 is 2.43 bits per heavy atom. The zero-order valence-electron chi connectivity index (χ0n) is 13.0. The fourth-order valence-corrected chi connectivity index (χ4v) is 2.33. The highest BCUT2D eigenvalue weighted by atomic mass is 35.5. The van der Waals surface area contributed by atoms with Gasteiger partial charge in [0.15, 0.2) is 6.10 Å². The lowest BCUT2D eigenvalue weighted by Crippen LogP contribution is -2.47. The number of furan rings is 1. The number of carbonyl (C=O) groups excluding carboxylic acids is 2. The second-order valence-electron chi connectivity index (χ2n) is 5.08. The number of rotatable bonds is 4. The summed E-state index contributed by atoms with van der Waals surface area (Å²) in [5.74, 6) is -0.355. The summed E-state index contributed by atoms with van der Waals surface area (Å²) in [5.41, 5.74) is 6.57. The van der Waals surface area contributed by atoms with Gasteiger partial charge in [0.05, 0.1) is 11.8 Å². The molecule has 1 unspecified atom stereocenters. The third kappa shape index (κ3) is 4.26. The summed E-state index contributed by atoms with van der Waals surface area (Å²) in [7, 11) is 0. The molecule has 7 heteroatoms. The van der Waals surface area contributed by atoms with Crippen molar-refractivity contribution in [1.82, 2.24) is 10.9 Å². The van der Waals surface area contributed by atoms with E-state index in [1.165, 1.54) is 18.6 Å². The number of aryl methyl sites for hydroxylation is 2. The highest BCUT2D eigenvalue weighted by Crippen LogP contribution is 2.27. The zero-order valence-corrected chi connectivity index (χ0v) is 13.7. The molecule has 0 radical (unpaired) electrons. The second-order valence-corrected chi connectivity index (χ2v) is 5.52. The first-order valence-corrected chi connectivity index (χ1v) is 7.32. The number of nitrogens with one attached hydrogen (secondary N) is 2. The van der Waals surface area contributed by atoms with Crippen LogP contribution < -0.4 is 15.6 Å². The van der Waals surface area contributed by atoms with Crippen LogP contribution in [0.25, 0.3) is 0 Å². The van der Waals surface area contributed by atoms with E-state index in [1.807, 2.05) is 13.8 Å². The van der Waals surface area contributed by atoms with Gasteiger partial charge in [0.2, 0.25) is 0 Å². The van der Waals surface area contributed by atoms with Crippen LogP contribution in [0.4, 0.5) is 0 Å². The normalized spacial score (nSPS) is 11.7. The lowest BCUT2D eigenvalue weighted by Gasteiger charge is -2.18. The molecule has 0 saturated heterocycles. The quantitative estimate of drug-likeness (QED) is 0.841. The van der Waals surface area contributed by atoms with Crippen LogP contribution in [0.5, 0.6) is 5.75 Å². The standard InChI is InChI=1S/C16H17ClN2O4/c1-9-6-13(17)7-10(2)14(9)23-11(3)15(20)18-19-16(21)12-4-5-22-8-12/h4-8,11H,1-3H3,(H,18,20)(H,19,21). The monoisotopic (exact) mass is 336 g/mol. The van der Waals surface area contributed by atoms with Gasteiger partial charge in [0.25, 0.3) is 11.8 Å². The Morgan fingerprint density at radius 2 is 1.87 bits per heavy atom. The maximum absolute atomic E-state index is 12.0. The second kappa shape index (κ2) is 7.19. The molecular weight excluding hydrogens is 320 g/mol. The van der Waals surface area contributed by atoms with Gasteiger partial charge in [-0.2, -0.15) is 0 Å². The summed E-state index contributed by atoms with van der Waals surface area (Å²) in [6, 6.07) is 5.01. The minimum atomic E-state index is -0.793. The molecule has 0 aliphatic heterocycles. The number of benzene rings is 1. The lowest BCUT2D eigenvalue weighted by atomic mass is 10.1. The van der Waals surface area contributed by atoms with E-state index in [0.717, 1.165) is 11.1 Å². The Bertz CT molecular complexity index is 690. The number of halogens is 1. The third-order valence-electron chi connectivity index (χ3n) is 3.17. The third-order valence-corrected chi connectivity index (χ3v) is 3.39. The van der Waals surface area contributed by atoms with Gasteiger partial charge in [-0.05, 0) is 50.1 Å². The molecule has 2 amide bonds. The summed E-state index contributed by atoms with van der Waals surface area (Å²) < 4.78 is 10.5. The van der Waals surface area contributed by atoms with E-state index in [2.05, 4.69) is 10.9 Å². The fourth-order valence-electron chi connectivity index (χ4n) is 2.00. The molecule has 2 N–H and O–H groups in total. The number of hydrogen-bond donors (Lipinski definition) is 2. The van der Waals surface area contributed by atoms with Crippen LogP contribution in [0.15, 0.2) is 35.1 Å². The average molecular weight is 337 g/mol. The van der Waals surface area contributed by atoms with Crippen molar-refractivity contribution in [3.05, 3.63) is 52.4 Å². The topological polar surface area (TPSA) is 80.6 Å². The molecule has 0 fully saturated rings. The van der Waals surface area contributed by atoms with Crippen LogP contribution in [-0.2, 0) is 4.79 Å². The van der Waals surface area contributed by atoms with Crippen LogP contribution in [0, 0.1) is 13.8 Å². The van der Waals surface area contributed by atoms with Gasteiger partial charge in [-0.15, -0.1) is 0 Å². The molecule has 1 heterocycles. The maximum Gasteiger partial charge on any atom is 0.279 e. The van der Waals surface area contributed by atoms with Gasteiger partial charge in [-0.3, -0.25) is 20.4 Å². The van der Waals surface area contributed by atoms with Crippen molar-refractivity contribution in [2.45, 2.75) is 26.9 Å². The van der Waals surface area contributed by atoms with Crippen LogP contribution in [-0.4, -0.2) is 17.9 Å². The SMILES string of the molecule is Cc1cc(Cl)cc(C)c1OC(C)C(=O)NNC(=O)c1ccoc1. The number of amides is 2. The molecule has 2 rings (SSSR count). The largest absolute Gasteiger partial charge is 0.480 e. The van der Waals surface area contributed by atoms with Gasteiger partial charge in [0.1, 0.15) is 12.0 Å². The summed E-state index contributed by atoms with van der Waals surface area (Å²) in [4.78, 5) is 23.7. The van der Waals surface area contributed by atoms with Crippen LogP contribution in [0.2, 0.25) is 5.02 Å². The van der Waals surface area contributed by atoms with Crippen molar-refractivity contribution in [2.24, 2.45) is 0 Å². The maximum atomic E-state index is 12.0. The Kier molecular flexibility index (Phi) is 5.28. The molecule has 1 aromatic carbocycles. The molecule has 1 atom stereocenters. The minimum absolute atomic E-state index is 0.309. The van der Waals surface area contributed by atoms with E-state index in [1.54, 1.807) is 19.1 Å². The number of hydrazine groups is 1. The van der Waals surface area contributed by atoms with E-state index >= 15 is 0 Å². The first-order chi connectivity index (χ1) is 10.9. The van der Waals surface area contributed by atoms with Gasteiger partial charge in [0, 0.05) is 5.02 Å². The predicted molar refractivity (Wildman–Crippen MR) is 85.3 cm³/mol. The average Bonchev–Trinajstić information content (AvgIpc) is 3.02. The molecule has 1 aromatic heterocycles. The van der Waals surface area contributed by atoms with Crippen LogP contribution in [0.3, 0.4) is 0 Å². The summed E-state index contributed by atoms with van der Waals surface area (Å²) in [6.07, 6.45) is 1.86. The molecule has 6 nitrogen and oxygen atoms in total. The Hall–Kier alpha value is -2.47. The van der Waals surface area contributed by atoms with Crippen molar-refractivity contribution in [2.75, 3.05) is 0 Å². The molecule has 0 aliphatic carbocycles. The lowest BCUT2D eigenvalue weighted by molar-refractivity contribution is -0.128. The molecule has 0 bridgehead atoms. The zero-order chi connectivity index (χ0) is 17.0. The molecule has 0 saturated carbocycles. The van der Waals surface area contributed by atoms with E-state index in [-0.39, 0.29) is 0 Å². The molecular formula is C16H17ClN2O4. The number of ether oxygens (including phenoxy) is 1. The van der Waals surface area contributed by atoms with Crippen molar-refractivity contribution >= 4 is 23.4 Å². The van der Waals surface area contributed by atoms with Gasteiger partial charge < -0.3 is 9.15 Å². The number of hydrogen-bond acceptors (Lipinski definition) is 4. The van der Waals surface area contributed by atoms with Crippen LogP contribution >= 0.6 is 11.6 Å². The van der Waals surface area contributed by atoms with E-state index in [4.69, 9.17) is 20.8 Å². The smallest absolute Gasteiger partial charge is 0.279 e. The summed E-state index contributed by atoms with van der Waals surface area (Å²) in [5, 5.41) is 0.608. The van der Waals surface area contributed by atoms with Crippen molar-refractivity contribution in [3.8, 4) is 5.75 Å². The minimum Gasteiger partial charge on any atom is -0.480 e. The van der Waals surface area contributed by atoms with Crippen molar-refractivity contribution in [1.29, 1.82) is 0 Å². The molecule has 23 heavy (non-hydrogen) atoms. The Morgan fingerprint density at radius 1 is 1.22 bits per heavy atom. The molecule has 0 aliphatic rings. The van der Waals surface area contributed by atoms with Gasteiger partial charge in [-0.25, -0.2) is 0 Å². The highest BCUT2D eigenvalue weighted by Gasteiger charge is 2.18. The van der Waals surface area contributed by atoms with E-state index in [0.29, 0.717) is 16.3 Å². The van der Waals surface area contributed by atoms with Crippen molar-refractivity contribution in [3.63, 3.8) is 0 Å². The summed E-state index contributed by atoms with van der Waals surface area (Å²) >= 11 is 5.96. The first-order valence-electron chi connectivity index (χ1n) is 6.94. The summed E-state index contributed by atoms with van der Waals surface area (Å²) in [6.45, 7) is 5.28. The molecule has 2 aromatic rings.